The van der Waals surface area contributed by atoms with Crippen LogP contribution in [-0.4, -0.2) is 48.6 Å². The van der Waals surface area contributed by atoms with Crippen LogP contribution >= 0.6 is 0 Å². The first-order chi connectivity index (χ1) is 13.1. The molecule has 5 nitrogen and oxygen atoms in total. The lowest BCUT2D eigenvalue weighted by atomic mass is 9.94. The van der Waals surface area contributed by atoms with Crippen molar-refractivity contribution in [2.75, 3.05) is 31.1 Å². The number of halogens is 2. The highest BCUT2D eigenvalue weighted by Crippen LogP contribution is 2.31. The van der Waals surface area contributed by atoms with E-state index in [2.05, 4.69) is 14.6 Å². The molecule has 2 aromatic rings. The number of pyridine rings is 1. The van der Waals surface area contributed by atoms with Crippen LogP contribution < -0.4 is 9.64 Å². The second kappa shape index (κ2) is 7.89. The second-order valence-corrected chi connectivity index (χ2v) is 8.22. The number of aryl methyl sites for hydroxylation is 1. The first kappa shape index (κ1) is 20.3. The molecule has 0 bridgehead atoms. The highest BCUT2D eigenvalue weighted by atomic mass is 19.3. The molecule has 1 fully saturated rings. The van der Waals surface area contributed by atoms with Crippen molar-refractivity contribution in [2.45, 2.75) is 40.7 Å². The SMILES string of the molecule is Cc1cc(N2CCCN(C(=O)C(C)(C)C)CC2)c2cc(OC(F)F)ccc2n1. The average Bonchev–Trinajstić information content (AvgIpc) is 2.85. The van der Waals surface area contributed by atoms with Crippen molar-refractivity contribution in [3.8, 4) is 5.75 Å². The van der Waals surface area contributed by atoms with Crippen LogP contribution in [0.1, 0.15) is 32.9 Å². The van der Waals surface area contributed by atoms with Gasteiger partial charge in [0.05, 0.1) is 5.52 Å². The first-order valence-electron chi connectivity index (χ1n) is 9.56. The maximum Gasteiger partial charge on any atom is 0.387 e. The number of carbonyl (C=O) groups excluding carboxylic acids is 1. The molecule has 1 aliphatic rings. The zero-order valence-electron chi connectivity index (χ0n) is 16.8. The Balaban J connectivity index is 1.90. The summed E-state index contributed by atoms with van der Waals surface area (Å²) in [5.41, 5.74) is 2.13. The predicted molar refractivity (Wildman–Crippen MR) is 106 cm³/mol. The van der Waals surface area contributed by atoms with Gasteiger partial charge in [0.1, 0.15) is 5.75 Å². The number of anilines is 1. The highest BCUT2D eigenvalue weighted by molar-refractivity contribution is 5.93. The molecule has 0 unspecified atom stereocenters. The molecular formula is C21H27F2N3O2. The monoisotopic (exact) mass is 391 g/mol. The number of carbonyl (C=O) groups is 1. The van der Waals surface area contributed by atoms with Crippen LogP contribution in [0.2, 0.25) is 0 Å². The third kappa shape index (κ3) is 4.51. The maximum absolute atomic E-state index is 12.6. The summed E-state index contributed by atoms with van der Waals surface area (Å²) in [4.78, 5) is 21.3. The number of hydrogen-bond acceptors (Lipinski definition) is 4. The van der Waals surface area contributed by atoms with E-state index in [4.69, 9.17) is 0 Å². The van der Waals surface area contributed by atoms with Gasteiger partial charge in [-0.05, 0) is 37.6 Å². The van der Waals surface area contributed by atoms with Crippen molar-refractivity contribution in [1.29, 1.82) is 0 Å². The summed E-state index contributed by atoms with van der Waals surface area (Å²) in [6.07, 6.45) is 0.845. The topological polar surface area (TPSA) is 45.7 Å². The van der Waals surface area contributed by atoms with Crippen LogP contribution in [0.15, 0.2) is 24.3 Å². The zero-order chi connectivity index (χ0) is 20.5. The number of ether oxygens (including phenoxy) is 1. The van der Waals surface area contributed by atoms with E-state index < -0.39 is 12.0 Å². The fourth-order valence-corrected chi connectivity index (χ4v) is 3.59. The van der Waals surface area contributed by atoms with Crippen LogP contribution in [0.5, 0.6) is 5.75 Å². The van der Waals surface area contributed by atoms with Gasteiger partial charge < -0.3 is 14.5 Å². The summed E-state index contributed by atoms with van der Waals surface area (Å²) in [7, 11) is 0. The molecule has 7 heteroatoms. The van der Waals surface area contributed by atoms with Crippen molar-refractivity contribution in [3.05, 3.63) is 30.0 Å². The summed E-state index contributed by atoms with van der Waals surface area (Å²) in [6, 6.07) is 6.80. The molecule has 0 aliphatic carbocycles. The fourth-order valence-electron chi connectivity index (χ4n) is 3.59. The lowest BCUT2D eigenvalue weighted by molar-refractivity contribution is -0.139. The standard InChI is InChI=1S/C21H27F2N3O2/c1-14-12-18(16-13-15(28-20(22)23)6-7-17(16)24-14)25-8-5-9-26(11-10-25)19(27)21(2,3)4/h6-7,12-13,20H,5,8-11H2,1-4H3. The van der Waals surface area contributed by atoms with Crippen LogP contribution in [0, 0.1) is 12.3 Å². The van der Waals surface area contributed by atoms with Crippen molar-refractivity contribution >= 4 is 22.5 Å². The molecule has 152 valence electrons. The van der Waals surface area contributed by atoms with Crippen LogP contribution in [0.4, 0.5) is 14.5 Å². The number of benzene rings is 1. The van der Waals surface area contributed by atoms with Gasteiger partial charge in [-0.3, -0.25) is 9.78 Å². The van der Waals surface area contributed by atoms with Gasteiger partial charge in [0, 0.05) is 48.4 Å². The number of fused-ring (bicyclic) bond motifs is 1. The first-order valence-corrected chi connectivity index (χ1v) is 9.56. The normalized spacial score (nSPS) is 15.8. The van der Waals surface area contributed by atoms with E-state index in [1.165, 1.54) is 6.07 Å². The van der Waals surface area contributed by atoms with E-state index in [9.17, 15) is 13.6 Å². The molecule has 28 heavy (non-hydrogen) atoms. The lowest BCUT2D eigenvalue weighted by Gasteiger charge is -2.29. The molecule has 0 spiro atoms. The Morgan fingerprint density at radius 3 is 2.57 bits per heavy atom. The van der Waals surface area contributed by atoms with Gasteiger partial charge in [0.15, 0.2) is 0 Å². The molecule has 2 heterocycles. The van der Waals surface area contributed by atoms with Crippen LogP contribution in [0.3, 0.4) is 0 Å². The minimum absolute atomic E-state index is 0.119. The number of aromatic nitrogens is 1. The molecule has 0 atom stereocenters. The van der Waals surface area contributed by atoms with E-state index in [0.29, 0.717) is 19.6 Å². The number of alkyl halides is 2. The summed E-state index contributed by atoms with van der Waals surface area (Å²) in [5.74, 6) is 0.270. The minimum atomic E-state index is -2.87. The Hall–Kier alpha value is -2.44. The van der Waals surface area contributed by atoms with Gasteiger partial charge in [-0.15, -0.1) is 0 Å². The molecule has 3 rings (SSSR count). The van der Waals surface area contributed by atoms with Gasteiger partial charge in [0.25, 0.3) is 0 Å². The van der Waals surface area contributed by atoms with Gasteiger partial charge in [-0.2, -0.15) is 8.78 Å². The third-order valence-corrected chi connectivity index (χ3v) is 4.88. The molecule has 1 aromatic carbocycles. The molecule has 0 saturated carbocycles. The molecule has 0 N–H and O–H groups in total. The Morgan fingerprint density at radius 2 is 1.89 bits per heavy atom. The van der Waals surface area contributed by atoms with E-state index in [-0.39, 0.29) is 11.7 Å². The maximum atomic E-state index is 12.6. The molecule has 0 radical (unpaired) electrons. The average molecular weight is 391 g/mol. The molecule has 1 aliphatic heterocycles. The quantitative estimate of drug-likeness (QED) is 0.786. The van der Waals surface area contributed by atoms with Crippen molar-refractivity contribution < 1.29 is 18.3 Å². The Bertz CT molecular complexity index is 865. The van der Waals surface area contributed by atoms with Gasteiger partial charge in [-0.1, -0.05) is 20.8 Å². The highest BCUT2D eigenvalue weighted by Gasteiger charge is 2.29. The summed E-state index contributed by atoms with van der Waals surface area (Å²) in [5, 5.41) is 0.777. The van der Waals surface area contributed by atoms with Crippen molar-refractivity contribution in [2.24, 2.45) is 5.41 Å². The van der Waals surface area contributed by atoms with E-state index >= 15 is 0 Å². The molecule has 1 saturated heterocycles. The Kier molecular flexibility index (Phi) is 5.72. The smallest absolute Gasteiger partial charge is 0.387 e. The number of amides is 1. The molecule has 1 aromatic heterocycles. The van der Waals surface area contributed by atoms with Gasteiger partial charge in [-0.25, -0.2) is 0 Å². The molecular weight excluding hydrogens is 364 g/mol. The van der Waals surface area contributed by atoms with E-state index in [1.807, 2.05) is 38.7 Å². The largest absolute Gasteiger partial charge is 0.435 e. The van der Waals surface area contributed by atoms with Gasteiger partial charge in [0.2, 0.25) is 5.91 Å². The van der Waals surface area contributed by atoms with Crippen LogP contribution in [-0.2, 0) is 4.79 Å². The zero-order valence-corrected chi connectivity index (χ0v) is 16.8. The number of hydrogen-bond donors (Lipinski definition) is 0. The summed E-state index contributed by atoms with van der Waals surface area (Å²) < 4.78 is 29.8. The second-order valence-electron chi connectivity index (χ2n) is 8.22. The predicted octanol–water partition coefficient (Wildman–Crippen LogP) is 4.23. The number of nitrogens with zero attached hydrogens (tertiary/aromatic N) is 3. The lowest BCUT2D eigenvalue weighted by Crippen LogP contribution is -2.41. The fraction of sp³-hybridized carbons (Fsp3) is 0.524. The third-order valence-electron chi connectivity index (χ3n) is 4.88. The summed E-state index contributed by atoms with van der Waals surface area (Å²) >= 11 is 0. The van der Waals surface area contributed by atoms with Crippen LogP contribution in [0.25, 0.3) is 10.9 Å². The Morgan fingerprint density at radius 1 is 1.14 bits per heavy atom. The minimum Gasteiger partial charge on any atom is -0.435 e. The van der Waals surface area contributed by atoms with Crippen molar-refractivity contribution in [3.63, 3.8) is 0 Å². The van der Waals surface area contributed by atoms with Gasteiger partial charge >= 0.3 is 6.61 Å². The van der Waals surface area contributed by atoms with E-state index in [1.54, 1.807) is 12.1 Å². The number of rotatable bonds is 3. The van der Waals surface area contributed by atoms with E-state index in [0.717, 1.165) is 35.2 Å². The Labute approximate surface area is 164 Å². The van der Waals surface area contributed by atoms with Crippen molar-refractivity contribution in [1.82, 2.24) is 9.88 Å². The summed E-state index contributed by atoms with van der Waals surface area (Å²) in [6.45, 7) is 7.66. The molecule has 1 amide bonds.